The molecule has 0 aliphatic carbocycles. The number of hydrogen-bond donors (Lipinski definition) is 0. The number of benzene rings is 6. The molecule has 0 aromatic heterocycles. The van der Waals surface area contributed by atoms with Crippen LogP contribution in [0.5, 0.6) is 0 Å². The van der Waals surface area contributed by atoms with Gasteiger partial charge in [0, 0.05) is 0 Å². The highest BCUT2D eigenvalue weighted by Gasteiger charge is 2.42. The van der Waals surface area contributed by atoms with E-state index in [1.807, 2.05) is 72.8 Å². The predicted molar refractivity (Wildman–Crippen MR) is 228 cm³/mol. The van der Waals surface area contributed by atoms with Crippen LogP contribution in [0.4, 0.5) is 0 Å². The molecule has 0 spiro atoms. The van der Waals surface area contributed by atoms with Gasteiger partial charge < -0.3 is 33.2 Å². The summed E-state index contributed by atoms with van der Waals surface area (Å²) in [6.45, 7) is 5.26. The molecule has 0 radical (unpaired) electrons. The van der Waals surface area contributed by atoms with Crippen molar-refractivity contribution in [2.75, 3.05) is 66.1 Å². The molecule has 6 aromatic rings. The Morgan fingerprint density at radius 1 is 0.276 bits per heavy atom. The normalized spacial score (nSPS) is 11.8. The second kappa shape index (κ2) is 24.1. The smallest absolute Gasteiger partial charge is 0.143 e. The maximum absolute atomic E-state index is 7.43. The Labute approximate surface area is 344 Å². The SMILES string of the molecule is c1ccc(COCCOCC(COCCOCc2ccccc2)(COCCOCc2ccccc2)COC(c2ccccc2)(c2ccccc2)c2ccccc2)cc1. The van der Waals surface area contributed by atoms with Crippen LogP contribution in [-0.2, 0) is 58.6 Å². The lowest BCUT2D eigenvalue weighted by Crippen LogP contribution is -2.46. The molecule has 0 aliphatic heterocycles. The van der Waals surface area contributed by atoms with E-state index in [0.29, 0.717) is 79.3 Å². The monoisotopic (exact) mass is 780 g/mol. The Bertz CT molecular complexity index is 1710. The van der Waals surface area contributed by atoms with Crippen LogP contribution in [-0.4, -0.2) is 66.1 Å². The third-order valence-corrected chi connectivity index (χ3v) is 9.81. The Morgan fingerprint density at radius 2 is 0.534 bits per heavy atom. The number of rotatable bonds is 27. The standard InChI is InChI=1S/C51H56O7/c1-7-19-44(20-8-1)37-52-31-34-55-40-50(41-56-35-32-53-38-45-21-9-2-10-22-45,42-57-36-33-54-39-46-23-11-3-12-24-46)43-58-51(47-25-13-4-14-26-47,48-27-15-5-16-28-48)49-29-17-6-18-30-49/h1-30H,31-43H2. The van der Waals surface area contributed by atoms with Crippen molar-refractivity contribution < 1.29 is 33.2 Å². The first-order chi connectivity index (χ1) is 28.8. The molecule has 6 aromatic carbocycles. The van der Waals surface area contributed by atoms with E-state index in [4.69, 9.17) is 33.2 Å². The first-order valence-corrected chi connectivity index (χ1v) is 20.1. The van der Waals surface area contributed by atoms with Crippen molar-refractivity contribution in [1.29, 1.82) is 0 Å². The minimum absolute atomic E-state index is 0.256. The summed E-state index contributed by atoms with van der Waals surface area (Å²) in [6, 6.07) is 61.7. The van der Waals surface area contributed by atoms with E-state index in [-0.39, 0.29) is 6.61 Å². The quantitative estimate of drug-likeness (QED) is 0.0381. The molecular weight excluding hydrogens is 725 g/mol. The maximum Gasteiger partial charge on any atom is 0.143 e. The van der Waals surface area contributed by atoms with Crippen LogP contribution in [0.15, 0.2) is 182 Å². The molecule has 302 valence electrons. The van der Waals surface area contributed by atoms with Crippen LogP contribution in [0.3, 0.4) is 0 Å². The van der Waals surface area contributed by atoms with Crippen molar-refractivity contribution in [1.82, 2.24) is 0 Å². The van der Waals surface area contributed by atoms with Gasteiger partial charge in [-0.15, -0.1) is 0 Å². The fraction of sp³-hybridized carbons (Fsp3) is 0.294. The molecule has 58 heavy (non-hydrogen) atoms. The average Bonchev–Trinajstić information content (AvgIpc) is 3.29. The Balaban J connectivity index is 1.22. The summed E-state index contributed by atoms with van der Waals surface area (Å²) < 4.78 is 44.8. The molecular formula is C51H56O7. The summed E-state index contributed by atoms with van der Waals surface area (Å²) >= 11 is 0. The van der Waals surface area contributed by atoms with Crippen LogP contribution in [0, 0.1) is 5.41 Å². The zero-order valence-corrected chi connectivity index (χ0v) is 33.4. The number of ether oxygens (including phenoxy) is 7. The van der Waals surface area contributed by atoms with Gasteiger partial charge in [0.2, 0.25) is 0 Å². The van der Waals surface area contributed by atoms with Gasteiger partial charge in [0.25, 0.3) is 0 Å². The minimum atomic E-state index is -0.939. The van der Waals surface area contributed by atoms with Crippen LogP contribution >= 0.6 is 0 Å². The van der Waals surface area contributed by atoms with E-state index < -0.39 is 11.0 Å². The van der Waals surface area contributed by atoms with Crippen LogP contribution in [0.1, 0.15) is 33.4 Å². The molecule has 0 bridgehead atoms. The molecule has 6 rings (SSSR count). The van der Waals surface area contributed by atoms with Crippen LogP contribution < -0.4 is 0 Å². The van der Waals surface area contributed by atoms with Crippen molar-refractivity contribution in [2.24, 2.45) is 5.41 Å². The molecule has 0 aliphatic rings. The third kappa shape index (κ3) is 13.3. The fourth-order valence-corrected chi connectivity index (χ4v) is 6.79. The van der Waals surface area contributed by atoms with Gasteiger partial charge in [0.15, 0.2) is 0 Å². The van der Waals surface area contributed by atoms with Gasteiger partial charge in [-0.05, 0) is 33.4 Å². The van der Waals surface area contributed by atoms with E-state index in [1.165, 1.54) is 0 Å². The highest BCUT2D eigenvalue weighted by Crippen LogP contribution is 2.42. The Kier molecular flexibility index (Phi) is 17.7. The maximum atomic E-state index is 7.43. The highest BCUT2D eigenvalue weighted by molar-refractivity contribution is 5.47. The van der Waals surface area contributed by atoms with Crippen molar-refractivity contribution in [3.8, 4) is 0 Å². The van der Waals surface area contributed by atoms with Crippen LogP contribution in [0.2, 0.25) is 0 Å². The molecule has 0 atom stereocenters. The first-order valence-electron chi connectivity index (χ1n) is 20.1. The fourth-order valence-electron chi connectivity index (χ4n) is 6.79. The summed E-state index contributed by atoms with van der Waals surface area (Å²) in [4.78, 5) is 0. The Morgan fingerprint density at radius 3 is 0.828 bits per heavy atom. The van der Waals surface area contributed by atoms with Gasteiger partial charge in [0.05, 0.1) is 91.3 Å². The summed E-state index contributed by atoms with van der Waals surface area (Å²) in [7, 11) is 0. The zero-order chi connectivity index (χ0) is 39.8. The zero-order valence-electron chi connectivity index (χ0n) is 33.4. The third-order valence-electron chi connectivity index (χ3n) is 9.81. The lowest BCUT2D eigenvalue weighted by atomic mass is 9.79. The first kappa shape index (κ1) is 42.6. The second-order valence-electron chi connectivity index (χ2n) is 14.3. The Hall–Kier alpha value is -4.96. The molecule has 0 fully saturated rings. The van der Waals surface area contributed by atoms with Crippen molar-refractivity contribution in [2.45, 2.75) is 25.4 Å². The van der Waals surface area contributed by atoms with E-state index >= 15 is 0 Å². The summed E-state index contributed by atoms with van der Waals surface area (Å²) in [5.41, 5.74) is 4.75. The molecule has 0 amide bonds. The van der Waals surface area contributed by atoms with E-state index in [9.17, 15) is 0 Å². The van der Waals surface area contributed by atoms with Crippen LogP contribution in [0.25, 0.3) is 0 Å². The lowest BCUT2D eigenvalue weighted by Gasteiger charge is -2.41. The highest BCUT2D eigenvalue weighted by atomic mass is 16.6. The molecule has 0 saturated heterocycles. The average molecular weight is 781 g/mol. The van der Waals surface area contributed by atoms with Gasteiger partial charge in [-0.1, -0.05) is 182 Å². The van der Waals surface area contributed by atoms with E-state index in [2.05, 4.69) is 109 Å². The van der Waals surface area contributed by atoms with Gasteiger partial charge >= 0.3 is 0 Å². The second-order valence-corrected chi connectivity index (χ2v) is 14.3. The van der Waals surface area contributed by atoms with E-state index in [0.717, 1.165) is 33.4 Å². The van der Waals surface area contributed by atoms with Crippen molar-refractivity contribution in [3.63, 3.8) is 0 Å². The van der Waals surface area contributed by atoms with E-state index in [1.54, 1.807) is 0 Å². The topological polar surface area (TPSA) is 64.6 Å². The summed E-state index contributed by atoms with van der Waals surface area (Å²) in [6.07, 6.45) is 0. The minimum Gasteiger partial charge on any atom is -0.378 e. The molecule has 7 heteroatoms. The predicted octanol–water partition coefficient (Wildman–Crippen LogP) is 9.68. The summed E-state index contributed by atoms with van der Waals surface area (Å²) in [5, 5.41) is 0. The van der Waals surface area contributed by atoms with Crippen molar-refractivity contribution in [3.05, 3.63) is 215 Å². The largest absolute Gasteiger partial charge is 0.378 e. The summed E-state index contributed by atoms with van der Waals surface area (Å²) in [5.74, 6) is 0. The van der Waals surface area contributed by atoms with Gasteiger partial charge in [-0.25, -0.2) is 0 Å². The molecule has 7 nitrogen and oxygen atoms in total. The molecule has 0 heterocycles. The van der Waals surface area contributed by atoms with Gasteiger partial charge in [-0.3, -0.25) is 0 Å². The molecule has 0 N–H and O–H groups in total. The van der Waals surface area contributed by atoms with Gasteiger partial charge in [-0.2, -0.15) is 0 Å². The lowest BCUT2D eigenvalue weighted by molar-refractivity contribution is -0.138. The molecule has 0 saturated carbocycles. The van der Waals surface area contributed by atoms with Crippen molar-refractivity contribution >= 4 is 0 Å². The van der Waals surface area contributed by atoms with Gasteiger partial charge in [0.1, 0.15) is 5.60 Å². The number of hydrogen-bond acceptors (Lipinski definition) is 7. The molecule has 0 unspecified atom stereocenters.